The summed E-state index contributed by atoms with van der Waals surface area (Å²) in [5, 5.41) is 17.0. The average molecular weight is 336 g/mol. The Morgan fingerprint density at radius 3 is 2.80 bits per heavy atom. The van der Waals surface area contributed by atoms with Crippen LogP contribution in [-0.4, -0.2) is 26.1 Å². The van der Waals surface area contributed by atoms with E-state index in [0.29, 0.717) is 15.7 Å². The van der Waals surface area contributed by atoms with E-state index in [9.17, 15) is 9.18 Å². The first-order valence-corrected chi connectivity index (χ1v) is 6.40. The Kier molecular flexibility index (Phi) is 2.98. The first kappa shape index (κ1) is 12.7. The number of benzene rings is 2. The molecule has 3 rings (SSSR count). The third-order valence-corrected chi connectivity index (χ3v) is 3.48. The Hall–Kier alpha value is -2.28. The number of rotatable bonds is 2. The molecule has 0 bridgehead atoms. The van der Waals surface area contributed by atoms with Crippen LogP contribution in [0, 0.1) is 5.82 Å². The number of aromatic carboxylic acids is 1. The third-order valence-electron chi connectivity index (χ3n) is 2.85. The van der Waals surface area contributed by atoms with Crippen LogP contribution in [0.4, 0.5) is 4.39 Å². The van der Waals surface area contributed by atoms with Gasteiger partial charge < -0.3 is 5.11 Å². The van der Waals surface area contributed by atoms with Crippen molar-refractivity contribution in [3.8, 4) is 5.69 Å². The molecule has 1 N–H and O–H groups in total. The number of aromatic nitrogens is 3. The summed E-state index contributed by atoms with van der Waals surface area (Å²) in [5.41, 5.74) is 1.48. The SMILES string of the molecule is O=C(O)c1cccc2c1nnn2-c1ccc(F)cc1Br. The molecule has 0 spiro atoms. The summed E-state index contributed by atoms with van der Waals surface area (Å²) in [7, 11) is 0. The first-order valence-electron chi connectivity index (χ1n) is 5.61. The van der Waals surface area contributed by atoms with Crippen molar-refractivity contribution in [3.63, 3.8) is 0 Å². The maximum atomic E-state index is 13.1. The van der Waals surface area contributed by atoms with Gasteiger partial charge in [0.05, 0.1) is 16.8 Å². The Labute approximate surface area is 120 Å². The van der Waals surface area contributed by atoms with E-state index in [1.54, 1.807) is 18.2 Å². The van der Waals surface area contributed by atoms with Crippen molar-refractivity contribution in [2.24, 2.45) is 0 Å². The van der Waals surface area contributed by atoms with Gasteiger partial charge in [0, 0.05) is 4.47 Å². The minimum atomic E-state index is -1.07. The van der Waals surface area contributed by atoms with Crippen LogP contribution >= 0.6 is 15.9 Å². The van der Waals surface area contributed by atoms with Crippen LogP contribution < -0.4 is 0 Å². The first-order chi connectivity index (χ1) is 9.58. The molecule has 0 saturated heterocycles. The second-order valence-corrected chi connectivity index (χ2v) is 4.93. The van der Waals surface area contributed by atoms with Crippen molar-refractivity contribution >= 4 is 32.9 Å². The maximum Gasteiger partial charge on any atom is 0.338 e. The Morgan fingerprint density at radius 1 is 1.30 bits per heavy atom. The minimum Gasteiger partial charge on any atom is -0.478 e. The number of hydrogen-bond acceptors (Lipinski definition) is 3. The van der Waals surface area contributed by atoms with E-state index in [2.05, 4.69) is 26.2 Å². The lowest BCUT2D eigenvalue weighted by Gasteiger charge is -2.05. The van der Waals surface area contributed by atoms with Crippen LogP contribution in [0.1, 0.15) is 10.4 Å². The summed E-state index contributed by atoms with van der Waals surface area (Å²) in [6.45, 7) is 0. The quantitative estimate of drug-likeness (QED) is 0.781. The molecular weight excluding hydrogens is 329 g/mol. The topological polar surface area (TPSA) is 68.0 Å². The zero-order valence-electron chi connectivity index (χ0n) is 9.92. The van der Waals surface area contributed by atoms with Gasteiger partial charge >= 0.3 is 5.97 Å². The molecule has 0 aliphatic rings. The Balaban J connectivity index is 2.28. The molecule has 0 atom stereocenters. The highest BCUT2D eigenvalue weighted by molar-refractivity contribution is 9.10. The second kappa shape index (κ2) is 4.68. The lowest BCUT2D eigenvalue weighted by Crippen LogP contribution is -1.99. The second-order valence-electron chi connectivity index (χ2n) is 4.08. The summed E-state index contributed by atoms with van der Waals surface area (Å²) < 4.78 is 15.1. The molecule has 5 nitrogen and oxygen atoms in total. The van der Waals surface area contributed by atoms with Gasteiger partial charge in [0.2, 0.25) is 0 Å². The molecule has 100 valence electrons. The van der Waals surface area contributed by atoms with E-state index >= 15 is 0 Å². The number of hydrogen-bond donors (Lipinski definition) is 1. The normalized spacial score (nSPS) is 10.9. The van der Waals surface area contributed by atoms with Gasteiger partial charge in [-0.25, -0.2) is 13.9 Å². The molecule has 1 aromatic heterocycles. The van der Waals surface area contributed by atoms with Gasteiger partial charge in [-0.1, -0.05) is 11.3 Å². The molecule has 0 saturated carbocycles. The van der Waals surface area contributed by atoms with Gasteiger partial charge in [-0.15, -0.1) is 5.10 Å². The van der Waals surface area contributed by atoms with Crippen LogP contribution in [0.2, 0.25) is 0 Å². The van der Waals surface area contributed by atoms with E-state index in [1.807, 2.05) is 0 Å². The van der Waals surface area contributed by atoms with E-state index in [1.165, 1.54) is 22.9 Å². The largest absolute Gasteiger partial charge is 0.478 e. The Morgan fingerprint density at radius 2 is 2.10 bits per heavy atom. The standard InChI is InChI=1S/C13H7BrFN3O2/c14-9-6-7(15)4-5-10(9)18-11-3-1-2-8(13(19)20)12(11)16-17-18/h1-6H,(H,19,20). The Bertz CT molecular complexity index is 832. The molecular formula is C13H7BrFN3O2. The van der Waals surface area contributed by atoms with Crippen molar-refractivity contribution in [1.29, 1.82) is 0 Å². The van der Waals surface area contributed by atoms with Crippen LogP contribution in [0.5, 0.6) is 0 Å². The van der Waals surface area contributed by atoms with Gasteiger partial charge in [0.1, 0.15) is 11.3 Å². The van der Waals surface area contributed by atoms with Crippen molar-refractivity contribution in [2.75, 3.05) is 0 Å². The van der Waals surface area contributed by atoms with Crippen LogP contribution in [0.3, 0.4) is 0 Å². The molecule has 3 aromatic rings. The summed E-state index contributed by atoms with van der Waals surface area (Å²) in [6, 6.07) is 8.93. The van der Waals surface area contributed by atoms with E-state index in [-0.39, 0.29) is 16.9 Å². The fourth-order valence-corrected chi connectivity index (χ4v) is 2.47. The monoisotopic (exact) mass is 335 g/mol. The van der Waals surface area contributed by atoms with Crippen molar-refractivity contribution in [3.05, 3.63) is 52.3 Å². The molecule has 20 heavy (non-hydrogen) atoms. The zero-order valence-corrected chi connectivity index (χ0v) is 11.5. The molecule has 0 aliphatic heterocycles. The molecule has 0 unspecified atom stereocenters. The van der Waals surface area contributed by atoms with Crippen molar-refractivity contribution < 1.29 is 14.3 Å². The zero-order chi connectivity index (χ0) is 14.3. The molecule has 1 heterocycles. The highest BCUT2D eigenvalue weighted by atomic mass is 79.9. The number of fused-ring (bicyclic) bond motifs is 1. The van der Waals surface area contributed by atoms with E-state index < -0.39 is 5.97 Å². The van der Waals surface area contributed by atoms with Crippen LogP contribution in [0.15, 0.2) is 40.9 Å². The van der Waals surface area contributed by atoms with Gasteiger partial charge in [0.25, 0.3) is 0 Å². The summed E-state index contributed by atoms with van der Waals surface area (Å²) in [5.74, 6) is -1.45. The van der Waals surface area contributed by atoms with Gasteiger partial charge in [0.15, 0.2) is 0 Å². The molecule has 0 radical (unpaired) electrons. The van der Waals surface area contributed by atoms with Crippen LogP contribution in [-0.2, 0) is 0 Å². The van der Waals surface area contributed by atoms with E-state index in [4.69, 9.17) is 5.11 Å². The number of carboxylic acid groups (broad SMARTS) is 1. The van der Waals surface area contributed by atoms with Crippen molar-refractivity contribution in [1.82, 2.24) is 15.0 Å². The lowest BCUT2D eigenvalue weighted by molar-refractivity contribution is 0.0699. The predicted molar refractivity (Wildman–Crippen MR) is 73.5 cm³/mol. The third kappa shape index (κ3) is 1.96. The molecule has 2 aromatic carbocycles. The minimum absolute atomic E-state index is 0.0759. The average Bonchev–Trinajstić information content (AvgIpc) is 2.82. The number of carbonyl (C=O) groups is 1. The number of nitrogens with zero attached hydrogens (tertiary/aromatic N) is 3. The van der Waals surface area contributed by atoms with Crippen LogP contribution in [0.25, 0.3) is 16.7 Å². The highest BCUT2D eigenvalue weighted by Crippen LogP contribution is 2.25. The van der Waals surface area contributed by atoms with Gasteiger partial charge in [-0.3, -0.25) is 0 Å². The fourth-order valence-electron chi connectivity index (χ4n) is 1.95. The summed E-state index contributed by atoms with van der Waals surface area (Å²) in [4.78, 5) is 11.1. The fraction of sp³-hybridized carbons (Fsp3) is 0. The molecule has 0 amide bonds. The predicted octanol–water partition coefficient (Wildman–Crippen LogP) is 3.02. The van der Waals surface area contributed by atoms with E-state index in [0.717, 1.165) is 0 Å². The highest BCUT2D eigenvalue weighted by Gasteiger charge is 2.15. The smallest absolute Gasteiger partial charge is 0.338 e. The molecule has 0 fully saturated rings. The van der Waals surface area contributed by atoms with Crippen molar-refractivity contribution in [2.45, 2.75) is 0 Å². The maximum absolute atomic E-state index is 13.1. The molecule has 0 aliphatic carbocycles. The lowest BCUT2D eigenvalue weighted by atomic mass is 10.2. The summed E-state index contributed by atoms with van der Waals surface area (Å²) in [6.07, 6.45) is 0. The molecule has 7 heteroatoms. The number of halogens is 2. The van der Waals surface area contributed by atoms with Gasteiger partial charge in [-0.2, -0.15) is 0 Å². The summed E-state index contributed by atoms with van der Waals surface area (Å²) >= 11 is 3.26. The van der Waals surface area contributed by atoms with Gasteiger partial charge in [-0.05, 0) is 46.3 Å². The number of carboxylic acids is 1.